The van der Waals surface area contributed by atoms with Crippen LogP contribution in [-0.4, -0.2) is 20.9 Å². The SMILES string of the molecule is Cc1ccc(C)c(S(=O)(=O)Nc2ccc(C(=O)NCCc3cccs3)cc2)c1. The maximum absolute atomic E-state index is 12.7. The van der Waals surface area contributed by atoms with E-state index in [1.165, 1.54) is 4.88 Å². The molecule has 0 fully saturated rings. The summed E-state index contributed by atoms with van der Waals surface area (Å²) in [6.07, 6.45) is 0.789. The lowest BCUT2D eigenvalue weighted by atomic mass is 10.2. The Morgan fingerprint density at radius 1 is 1.04 bits per heavy atom. The molecule has 0 spiro atoms. The number of aryl methyl sites for hydroxylation is 2. The summed E-state index contributed by atoms with van der Waals surface area (Å²) in [6, 6.07) is 15.7. The number of sulfonamides is 1. The summed E-state index contributed by atoms with van der Waals surface area (Å²) in [5.41, 5.74) is 2.46. The van der Waals surface area contributed by atoms with Gasteiger partial charge in [-0.3, -0.25) is 9.52 Å². The fourth-order valence-electron chi connectivity index (χ4n) is 2.75. The fraction of sp³-hybridized carbons (Fsp3) is 0.190. The molecule has 7 heteroatoms. The van der Waals surface area contributed by atoms with Gasteiger partial charge in [0.15, 0.2) is 0 Å². The molecule has 0 aliphatic rings. The van der Waals surface area contributed by atoms with E-state index in [2.05, 4.69) is 10.0 Å². The fourth-order valence-corrected chi connectivity index (χ4v) is 4.85. The van der Waals surface area contributed by atoms with Crippen LogP contribution in [0.3, 0.4) is 0 Å². The number of hydrogen-bond acceptors (Lipinski definition) is 4. The van der Waals surface area contributed by atoms with Crippen molar-refractivity contribution in [2.45, 2.75) is 25.2 Å². The number of anilines is 1. The van der Waals surface area contributed by atoms with Crippen LogP contribution < -0.4 is 10.0 Å². The van der Waals surface area contributed by atoms with Gasteiger partial charge >= 0.3 is 0 Å². The zero-order valence-corrected chi connectivity index (χ0v) is 17.4. The van der Waals surface area contributed by atoms with E-state index < -0.39 is 10.0 Å². The second-order valence-electron chi connectivity index (χ2n) is 6.54. The van der Waals surface area contributed by atoms with Gasteiger partial charge in [-0.1, -0.05) is 18.2 Å². The molecule has 3 rings (SSSR count). The molecule has 1 amide bonds. The predicted octanol–water partition coefficient (Wildman–Crippen LogP) is 4.14. The largest absolute Gasteiger partial charge is 0.352 e. The molecule has 0 bridgehead atoms. The number of rotatable bonds is 7. The Morgan fingerprint density at radius 2 is 1.79 bits per heavy atom. The van der Waals surface area contributed by atoms with E-state index in [0.29, 0.717) is 23.4 Å². The molecule has 28 heavy (non-hydrogen) atoms. The third-order valence-electron chi connectivity index (χ3n) is 4.27. The molecule has 3 aromatic rings. The number of hydrogen-bond donors (Lipinski definition) is 2. The lowest BCUT2D eigenvalue weighted by molar-refractivity contribution is 0.0954. The zero-order chi connectivity index (χ0) is 20.1. The Kier molecular flexibility index (Phi) is 6.16. The Morgan fingerprint density at radius 3 is 2.46 bits per heavy atom. The van der Waals surface area contributed by atoms with Crippen molar-refractivity contribution >= 4 is 33.0 Å². The lowest BCUT2D eigenvalue weighted by Gasteiger charge is -2.11. The van der Waals surface area contributed by atoms with Crippen molar-refractivity contribution in [1.29, 1.82) is 0 Å². The first kappa shape index (κ1) is 20.1. The summed E-state index contributed by atoms with van der Waals surface area (Å²) in [5.74, 6) is -0.180. The minimum absolute atomic E-state index is 0.180. The minimum Gasteiger partial charge on any atom is -0.352 e. The van der Waals surface area contributed by atoms with Crippen molar-refractivity contribution in [3.05, 3.63) is 81.5 Å². The van der Waals surface area contributed by atoms with Crippen LogP contribution in [0.5, 0.6) is 0 Å². The first-order valence-corrected chi connectivity index (χ1v) is 11.2. The number of carbonyl (C=O) groups excluding carboxylic acids is 1. The van der Waals surface area contributed by atoms with Crippen molar-refractivity contribution in [1.82, 2.24) is 5.32 Å². The Labute approximate surface area is 169 Å². The van der Waals surface area contributed by atoms with Gasteiger partial charge < -0.3 is 5.32 Å². The van der Waals surface area contributed by atoms with E-state index in [1.807, 2.05) is 30.5 Å². The highest BCUT2D eigenvalue weighted by molar-refractivity contribution is 7.92. The van der Waals surface area contributed by atoms with E-state index in [9.17, 15) is 13.2 Å². The van der Waals surface area contributed by atoms with Gasteiger partial charge in [-0.2, -0.15) is 0 Å². The number of amides is 1. The molecule has 146 valence electrons. The highest BCUT2D eigenvalue weighted by Gasteiger charge is 2.17. The lowest BCUT2D eigenvalue weighted by Crippen LogP contribution is -2.25. The average molecular weight is 415 g/mol. The standard InChI is InChI=1S/C21H22N2O3S2/c1-15-5-6-16(2)20(14-15)28(25,26)23-18-9-7-17(8-10-18)21(24)22-12-11-19-4-3-13-27-19/h3-10,13-14,23H,11-12H2,1-2H3,(H,22,24). The third kappa shape index (κ3) is 4.99. The quantitative estimate of drug-likeness (QED) is 0.610. The molecule has 1 heterocycles. The summed E-state index contributed by atoms with van der Waals surface area (Å²) >= 11 is 1.66. The van der Waals surface area contributed by atoms with Gasteiger partial charge in [-0.15, -0.1) is 11.3 Å². The zero-order valence-electron chi connectivity index (χ0n) is 15.7. The molecule has 0 atom stereocenters. The number of benzene rings is 2. The van der Waals surface area contributed by atoms with E-state index in [-0.39, 0.29) is 10.8 Å². The van der Waals surface area contributed by atoms with E-state index in [4.69, 9.17) is 0 Å². The number of thiophene rings is 1. The molecule has 0 saturated heterocycles. The van der Waals surface area contributed by atoms with E-state index >= 15 is 0 Å². The van der Waals surface area contributed by atoms with E-state index in [0.717, 1.165) is 12.0 Å². The molecule has 0 aliphatic carbocycles. The summed E-state index contributed by atoms with van der Waals surface area (Å²) in [4.78, 5) is 13.7. The molecule has 1 aromatic heterocycles. The van der Waals surface area contributed by atoms with Crippen LogP contribution in [0.2, 0.25) is 0 Å². The van der Waals surface area contributed by atoms with E-state index in [1.54, 1.807) is 54.7 Å². The molecule has 2 N–H and O–H groups in total. The van der Waals surface area contributed by atoms with Gasteiger partial charge in [0.1, 0.15) is 0 Å². The molecule has 5 nitrogen and oxygen atoms in total. The van der Waals surface area contributed by atoms with Crippen molar-refractivity contribution < 1.29 is 13.2 Å². The van der Waals surface area contributed by atoms with Crippen LogP contribution in [0.1, 0.15) is 26.4 Å². The number of nitrogens with one attached hydrogen (secondary N) is 2. The van der Waals surface area contributed by atoms with Gasteiger partial charge in [0.25, 0.3) is 15.9 Å². The average Bonchev–Trinajstić information content (AvgIpc) is 3.17. The molecule has 0 radical (unpaired) electrons. The van der Waals surface area contributed by atoms with Crippen LogP contribution >= 0.6 is 11.3 Å². The Bertz CT molecular complexity index is 1060. The monoisotopic (exact) mass is 414 g/mol. The maximum atomic E-state index is 12.7. The first-order valence-electron chi connectivity index (χ1n) is 8.86. The first-order chi connectivity index (χ1) is 13.3. The summed E-state index contributed by atoms with van der Waals surface area (Å²) in [5, 5.41) is 4.88. The summed E-state index contributed by atoms with van der Waals surface area (Å²) < 4.78 is 27.9. The maximum Gasteiger partial charge on any atom is 0.262 e. The second kappa shape index (κ2) is 8.58. The topological polar surface area (TPSA) is 75.3 Å². The van der Waals surface area contributed by atoms with Crippen LogP contribution in [0.15, 0.2) is 64.9 Å². The minimum atomic E-state index is -3.69. The smallest absolute Gasteiger partial charge is 0.262 e. The molecular formula is C21H22N2O3S2. The van der Waals surface area contributed by atoms with Gasteiger partial charge in [0.05, 0.1) is 4.90 Å². The van der Waals surface area contributed by atoms with Crippen LogP contribution in [0.25, 0.3) is 0 Å². The highest BCUT2D eigenvalue weighted by Crippen LogP contribution is 2.21. The summed E-state index contributed by atoms with van der Waals surface area (Å²) in [6.45, 7) is 4.17. The van der Waals surface area contributed by atoms with Crippen LogP contribution in [-0.2, 0) is 16.4 Å². The number of carbonyl (C=O) groups is 1. The van der Waals surface area contributed by atoms with Crippen molar-refractivity contribution in [3.63, 3.8) is 0 Å². The molecule has 0 aliphatic heterocycles. The second-order valence-corrected chi connectivity index (χ2v) is 9.22. The molecule has 0 unspecified atom stereocenters. The van der Waals surface area contributed by atoms with Crippen molar-refractivity contribution in [2.75, 3.05) is 11.3 Å². The van der Waals surface area contributed by atoms with Gasteiger partial charge in [0.2, 0.25) is 0 Å². The molecule has 2 aromatic carbocycles. The van der Waals surface area contributed by atoms with Gasteiger partial charge in [-0.05, 0) is 73.2 Å². The normalized spacial score (nSPS) is 11.2. The Hall–Kier alpha value is -2.64. The van der Waals surface area contributed by atoms with Gasteiger partial charge in [0, 0.05) is 22.7 Å². The van der Waals surface area contributed by atoms with Gasteiger partial charge in [-0.25, -0.2) is 8.42 Å². The van der Waals surface area contributed by atoms with Crippen molar-refractivity contribution in [2.24, 2.45) is 0 Å². The Balaban J connectivity index is 1.63. The predicted molar refractivity (Wildman–Crippen MR) is 114 cm³/mol. The third-order valence-corrected chi connectivity index (χ3v) is 6.73. The molecule has 0 saturated carbocycles. The van der Waals surface area contributed by atoms with Crippen LogP contribution in [0, 0.1) is 13.8 Å². The summed E-state index contributed by atoms with van der Waals surface area (Å²) in [7, 11) is -3.69. The molecular weight excluding hydrogens is 392 g/mol. The van der Waals surface area contributed by atoms with Crippen molar-refractivity contribution in [3.8, 4) is 0 Å². The van der Waals surface area contributed by atoms with Crippen LogP contribution in [0.4, 0.5) is 5.69 Å². The highest BCUT2D eigenvalue weighted by atomic mass is 32.2.